The summed E-state index contributed by atoms with van der Waals surface area (Å²) in [5.74, 6) is -0.787. The third-order valence-corrected chi connectivity index (χ3v) is 2.88. The fourth-order valence-electron chi connectivity index (χ4n) is 1.91. The average Bonchev–Trinajstić information content (AvgIpc) is 2.29. The molecule has 0 radical (unpaired) electrons. The summed E-state index contributed by atoms with van der Waals surface area (Å²) in [5.41, 5.74) is 0.814. The first-order valence-electron chi connectivity index (χ1n) is 5.21. The highest BCUT2D eigenvalue weighted by Gasteiger charge is 2.36. The summed E-state index contributed by atoms with van der Waals surface area (Å²) in [6, 6.07) is 5.53. The lowest BCUT2D eigenvalue weighted by atomic mass is 10.00. The summed E-state index contributed by atoms with van der Waals surface area (Å²) in [7, 11) is 1.33. The Balaban J connectivity index is 2.30. The number of hydrogen-bond donors (Lipinski definition) is 0. The summed E-state index contributed by atoms with van der Waals surface area (Å²) in [6.07, 6.45) is 0.689. The van der Waals surface area contributed by atoms with Crippen molar-refractivity contribution >= 4 is 11.7 Å². The minimum atomic E-state index is -0.458. The summed E-state index contributed by atoms with van der Waals surface area (Å²) in [5, 5.41) is 8.93. The number of carbonyl (C=O) groups is 1. The fourth-order valence-corrected chi connectivity index (χ4v) is 1.91. The van der Waals surface area contributed by atoms with E-state index in [1.54, 1.807) is 4.90 Å². The minimum absolute atomic E-state index is 0.235. The van der Waals surface area contributed by atoms with Crippen molar-refractivity contribution in [3.63, 3.8) is 0 Å². The molecule has 1 heterocycles. The third-order valence-electron chi connectivity index (χ3n) is 2.88. The zero-order valence-electron chi connectivity index (χ0n) is 9.31. The maximum atomic E-state index is 13.0. The molecule has 1 atom stereocenters. The van der Waals surface area contributed by atoms with E-state index in [1.807, 2.05) is 6.07 Å². The minimum Gasteiger partial charge on any atom is -0.467 e. The fraction of sp³-hybridized carbons (Fsp3) is 0.333. The van der Waals surface area contributed by atoms with Gasteiger partial charge in [-0.3, -0.25) is 0 Å². The molecule has 1 aliphatic rings. The number of benzene rings is 1. The summed E-state index contributed by atoms with van der Waals surface area (Å²) in [6.45, 7) is 0.667. The number of anilines is 1. The normalized spacial score (nSPS) is 18.2. The Hall–Kier alpha value is -2.09. The number of nitrogens with zero attached hydrogens (tertiary/aromatic N) is 2. The van der Waals surface area contributed by atoms with Crippen LogP contribution in [0, 0.1) is 17.1 Å². The predicted molar refractivity (Wildman–Crippen MR) is 58.9 cm³/mol. The molecule has 0 N–H and O–H groups in total. The van der Waals surface area contributed by atoms with Gasteiger partial charge in [0.15, 0.2) is 0 Å². The number of hydrogen-bond acceptors (Lipinski definition) is 4. The number of ether oxygens (including phenoxy) is 1. The van der Waals surface area contributed by atoms with Crippen molar-refractivity contribution < 1.29 is 13.9 Å². The molecular weight excluding hydrogens is 223 g/mol. The molecule has 88 valence electrons. The molecule has 0 saturated carbocycles. The first-order valence-corrected chi connectivity index (χ1v) is 5.21. The highest BCUT2D eigenvalue weighted by Crippen LogP contribution is 2.30. The maximum absolute atomic E-state index is 13.0. The molecule has 1 aromatic carbocycles. The van der Waals surface area contributed by atoms with E-state index in [4.69, 9.17) is 5.26 Å². The molecule has 1 aliphatic heterocycles. The van der Waals surface area contributed by atoms with E-state index in [2.05, 4.69) is 4.74 Å². The van der Waals surface area contributed by atoms with Gasteiger partial charge in [0, 0.05) is 6.54 Å². The number of halogens is 1. The van der Waals surface area contributed by atoms with Crippen LogP contribution < -0.4 is 4.90 Å². The standard InChI is InChI=1S/C12H11FN2O2/c1-17-12(16)11-4-5-15(11)10-3-2-9(13)6-8(10)7-14/h2-3,6,11H,4-5H2,1H3. The van der Waals surface area contributed by atoms with Gasteiger partial charge in [-0.1, -0.05) is 0 Å². The van der Waals surface area contributed by atoms with Gasteiger partial charge in [-0.25, -0.2) is 9.18 Å². The van der Waals surface area contributed by atoms with Gasteiger partial charge in [0.2, 0.25) is 0 Å². The van der Waals surface area contributed by atoms with Crippen LogP contribution in [-0.2, 0) is 9.53 Å². The van der Waals surface area contributed by atoms with E-state index in [0.29, 0.717) is 18.7 Å². The van der Waals surface area contributed by atoms with Crippen molar-refractivity contribution in [3.05, 3.63) is 29.6 Å². The second-order valence-corrected chi connectivity index (χ2v) is 3.79. The number of rotatable bonds is 2. The molecule has 5 heteroatoms. The van der Waals surface area contributed by atoms with Crippen molar-refractivity contribution in [2.24, 2.45) is 0 Å². The highest BCUT2D eigenvalue weighted by molar-refractivity contribution is 5.83. The van der Waals surface area contributed by atoms with E-state index in [-0.39, 0.29) is 17.6 Å². The van der Waals surface area contributed by atoms with Gasteiger partial charge in [-0.2, -0.15) is 5.26 Å². The Morgan fingerprint density at radius 3 is 2.94 bits per heavy atom. The molecule has 0 amide bonds. The second-order valence-electron chi connectivity index (χ2n) is 3.79. The van der Waals surface area contributed by atoms with Gasteiger partial charge in [0.1, 0.15) is 17.9 Å². The van der Waals surface area contributed by atoms with Crippen LogP contribution in [0.15, 0.2) is 18.2 Å². The van der Waals surface area contributed by atoms with E-state index in [9.17, 15) is 9.18 Å². The van der Waals surface area contributed by atoms with Crippen LogP contribution in [0.2, 0.25) is 0 Å². The first-order chi connectivity index (χ1) is 8.17. The molecule has 1 saturated heterocycles. The van der Waals surface area contributed by atoms with E-state index in [0.717, 1.165) is 0 Å². The summed E-state index contributed by atoms with van der Waals surface area (Å²) in [4.78, 5) is 13.2. The van der Waals surface area contributed by atoms with Gasteiger partial charge in [-0.05, 0) is 24.6 Å². The topological polar surface area (TPSA) is 53.3 Å². The molecule has 0 aromatic heterocycles. The van der Waals surface area contributed by atoms with Crippen molar-refractivity contribution in [3.8, 4) is 6.07 Å². The Bertz CT molecular complexity index is 496. The molecule has 1 unspecified atom stereocenters. The largest absolute Gasteiger partial charge is 0.467 e. The number of carbonyl (C=O) groups excluding carboxylic acids is 1. The van der Waals surface area contributed by atoms with Crippen LogP contribution in [0.25, 0.3) is 0 Å². The van der Waals surface area contributed by atoms with Crippen molar-refractivity contribution in [2.75, 3.05) is 18.6 Å². The second kappa shape index (κ2) is 4.42. The van der Waals surface area contributed by atoms with Crippen molar-refractivity contribution in [2.45, 2.75) is 12.5 Å². The molecule has 4 nitrogen and oxygen atoms in total. The number of nitriles is 1. The Kier molecular flexibility index (Phi) is 2.96. The average molecular weight is 234 g/mol. The zero-order chi connectivity index (χ0) is 12.4. The van der Waals surface area contributed by atoms with Crippen LogP contribution in [0.3, 0.4) is 0 Å². The molecule has 2 rings (SSSR count). The van der Waals surface area contributed by atoms with Crippen LogP contribution in [0.5, 0.6) is 0 Å². The zero-order valence-corrected chi connectivity index (χ0v) is 9.31. The molecule has 0 spiro atoms. The lowest BCUT2D eigenvalue weighted by Crippen LogP contribution is -2.53. The molecule has 1 aromatic rings. The summed E-state index contributed by atoms with van der Waals surface area (Å²) >= 11 is 0. The maximum Gasteiger partial charge on any atom is 0.328 e. The summed E-state index contributed by atoms with van der Waals surface area (Å²) < 4.78 is 17.6. The molecule has 0 aliphatic carbocycles. The van der Waals surface area contributed by atoms with Gasteiger partial charge >= 0.3 is 5.97 Å². The first kappa shape index (κ1) is 11.4. The SMILES string of the molecule is COC(=O)C1CCN1c1ccc(F)cc1C#N. The predicted octanol–water partition coefficient (Wildman–Crippen LogP) is 1.45. The lowest BCUT2D eigenvalue weighted by Gasteiger charge is -2.41. The van der Waals surface area contributed by atoms with Gasteiger partial charge in [0.25, 0.3) is 0 Å². The van der Waals surface area contributed by atoms with Crippen LogP contribution in [0.4, 0.5) is 10.1 Å². The Morgan fingerprint density at radius 1 is 1.65 bits per heavy atom. The smallest absolute Gasteiger partial charge is 0.328 e. The Labute approximate surface area is 98.2 Å². The van der Waals surface area contributed by atoms with Gasteiger partial charge in [-0.15, -0.1) is 0 Å². The lowest BCUT2D eigenvalue weighted by molar-refractivity contribution is -0.143. The van der Waals surface area contributed by atoms with E-state index < -0.39 is 5.82 Å². The quantitative estimate of drug-likeness (QED) is 0.727. The molecule has 0 bridgehead atoms. The molecular formula is C12H11FN2O2. The van der Waals surface area contributed by atoms with Crippen molar-refractivity contribution in [1.29, 1.82) is 5.26 Å². The molecule has 17 heavy (non-hydrogen) atoms. The highest BCUT2D eigenvalue weighted by atomic mass is 19.1. The monoisotopic (exact) mass is 234 g/mol. The van der Waals surface area contributed by atoms with Gasteiger partial charge in [0.05, 0.1) is 18.4 Å². The number of methoxy groups -OCH3 is 1. The molecule has 1 fully saturated rings. The number of esters is 1. The van der Waals surface area contributed by atoms with E-state index in [1.165, 1.54) is 25.3 Å². The van der Waals surface area contributed by atoms with Crippen molar-refractivity contribution in [1.82, 2.24) is 0 Å². The van der Waals surface area contributed by atoms with E-state index >= 15 is 0 Å². The Morgan fingerprint density at radius 2 is 2.41 bits per heavy atom. The van der Waals surface area contributed by atoms with Crippen LogP contribution >= 0.6 is 0 Å². The van der Waals surface area contributed by atoms with Crippen LogP contribution in [-0.4, -0.2) is 25.7 Å². The van der Waals surface area contributed by atoms with Gasteiger partial charge < -0.3 is 9.64 Å². The van der Waals surface area contributed by atoms with Crippen LogP contribution in [0.1, 0.15) is 12.0 Å². The third kappa shape index (κ3) is 1.94.